The van der Waals surface area contributed by atoms with Crippen LogP contribution < -0.4 is 10.2 Å². The van der Waals surface area contributed by atoms with Crippen LogP contribution in [0.15, 0.2) is 95.5 Å². The number of methoxy groups -OCH3 is 1. The molecule has 4 heterocycles. The van der Waals surface area contributed by atoms with Crippen LogP contribution in [0.25, 0.3) is 10.8 Å². The number of fused-ring (bicyclic) bond motifs is 3. The molecule has 0 aliphatic carbocycles. The molecule has 7 rings (SSSR count). The van der Waals surface area contributed by atoms with Crippen LogP contribution in [0.4, 0.5) is 5.69 Å². The van der Waals surface area contributed by atoms with Crippen molar-refractivity contribution in [1.29, 1.82) is 0 Å². The normalized spacial score (nSPS) is 29.9. The summed E-state index contributed by atoms with van der Waals surface area (Å²) in [6, 6.07) is 20.9. The van der Waals surface area contributed by atoms with E-state index >= 15 is 4.79 Å². The molecule has 52 heavy (non-hydrogen) atoms. The first-order valence-corrected chi connectivity index (χ1v) is 18.5. The standard InChI is InChI=1S/C40H42BrN3O8/c1-50-24-30-34(26-13-4-2-5-14-26)51-39(49)32-33-37(47)44(20-10-11-21-45)36(40(33)23-29(41)35(32)52-40)38(48)43(19-9-3-6-16-31(46)42-30)28-18-17-25-12-7-8-15-27(25)22-28/h2-5,7-9,12-15,17-18,22-23,30,32-36,45H,6,10-11,16,19-21,24H2,1H3,(H,42,46)/b9-3-/t30-,32+,33-,34-,35+,36+,40-/m1/s1. The van der Waals surface area contributed by atoms with E-state index in [1.165, 1.54) is 12.0 Å². The van der Waals surface area contributed by atoms with Crippen molar-refractivity contribution in [3.05, 3.63) is 101 Å². The maximum Gasteiger partial charge on any atom is 0.313 e. The molecule has 3 amide bonds. The van der Waals surface area contributed by atoms with E-state index in [2.05, 4.69) is 21.2 Å². The number of halogens is 1. The highest BCUT2D eigenvalue weighted by atomic mass is 79.9. The monoisotopic (exact) mass is 771 g/mol. The maximum absolute atomic E-state index is 15.2. The Morgan fingerprint density at radius 2 is 1.71 bits per heavy atom. The Morgan fingerprint density at radius 3 is 2.48 bits per heavy atom. The van der Waals surface area contributed by atoms with Crippen LogP contribution in [-0.4, -0.2) is 90.9 Å². The summed E-state index contributed by atoms with van der Waals surface area (Å²) in [4.78, 5) is 60.8. The molecular formula is C40H42BrN3O8. The molecule has 7 atom stereocenters. The SMILES string of the molecule is COC[C@H]1NC(=O)CC/C=C\CN(c2ccc3ccccc3c2)C(=O)[C@@H]2N(CCCCO)C(=O)[C@H]3[C@H](C(=O)O[C@@H]1c1ccccc1)[C@H]1O[C@@]23C=C1Br. The number of aliphatic hydroxyl groups is 1. The minimum Gasteiger partial charge on any atom is -0.455 e. The number of nitrogens with one attached hydrogen (secondary N) is 1. The number of likely N-dealkylation sites (tertiary alicyclic amines) is 1. The van der Waals surface area contributed by atoms with Crippen molar-refractivity contribution >= 4 is 56.1 Å². The fourth-order valence-corrected chi connectivity index (χ4v) is 8.86. The summed E-state index contributed by atoms with van der Waals surface area (Å²) in [7, 11) is 1.51. The molecule has 4 aliphatic rings. The van der Waals surface area contributed by atoms with Crippen LogP contribution in [0.3, 0.4) is 0 Å². The highest BCUT2D eigenvalue weighted by molar-refractivity contribution is 9.11. The summed E-state index contributed by atoms with van der Waals surface area (Å²) in [5.74, 6) is -3.82. The molecular weight excluding hydrogens is 730 g/mol. The number of amides is 3. The molecule has 1 spiro atoms. The fraction of sp³-hybridized carbons (Fsp3) is 0.400. The molecule has 2 N–H and O–H groups in total. The predicted molar refractivity (Wildman–Crippen MR) is 197 cm³/mol. The van der Waals surface area contributed by atoms with Gasteiger partial charge in [0.25, 0.3) is 5.91 Å². The van der Waals surface area contributed by atoms with Gasteiger partial charge in [-0.25, -0.2) is 0 Å². The number of unbranched alkanes of at least 4 members (excludes halogenated alkanes) is 1. The van der Waals surface area contributed by atoms with E-state index in [4.69, 9.17) is 14.2 Å². The summed E-state index contributed by atoms with van der Waals surface area (Å²) in [5, 5.41) is 14.6. The molecule has 12 heteroatoms. The van der Waals surface area contributed by atoms with Crippen molar-refractivity contribution in [1.82, 2.24) is 10.2 Å². The number of anilines is 1. The molecule has 4 aliphatic heterocycles. The van der Waals surface area contributed by atoms with E-state index < -0.39 is 47.7 Å². The number of nitrogens with zero attached hydrogens (tertiary/aromatic N) is 2. The fourth-order valence-electron chi connectivity index (χ4n) is 8.12. The quantitative estimate of drug-likeness (QED) is 0.193. The third kappa shape index (κ3) is 6.57. The second-order valence-corrected chi connectivity index (χ2v) is 14.6. The van der Waals surface area contributed by atoms with E-state index in [1.54, 1.807) is 11.0 Å². The van der Waals surface area contributed by atoms with Crippen LogP contribution in [-0.2, 0) is 33.4 Å². The number of carbonyl (C=O) groups is 4. The lowest BCUT2D eigenvalue weighted by Gasteiger charge is -2.36. The second kappa shape index (κ2) is 15.3. The average molecular weight is 773 g/mol. The number of hydrogen-bond acceptors (Lipinski definition) is 8. The summed E-state index contributed by atoms with van der Waals surface area (Å²) in [6.07, 6.45) is 5.12. The van der Waals surface area contributed by atoms with Gasteiger partial charge in [0.2, 0.25) is 11.8 Å². The third-order valence-electron chi connectivity index (χ3n) is 10.5. The molecule has 0 radical (unpaired) electrons. The number of esters is 1. The highest BCUT2D eigenvalue weighted by Crippen LogP contribution is 2.59. The maximum atomic E-state index is 15.2. The lowest BCUT2D eigenvalue weighted by Crippen LogP contribution is -2.56. The van der Waals surface area contributed by atoms with Gasteiger partial charge < -0.3 is 34.4 Å². The highest BCUT2D eigenvalue weighted by Gasteiger charge is 2.75. The van der Waals surface area contributed by atoms with Crippen molar-refractivity contribution in [2.75, 3.05) is 38.3 Å². The third-order valence-corrected chi connectivity index (χ3v) is 11.2. The van der Waals surface area contributed by atoms with Crippen LogP contribution in [0.2, 0.25) is 0 Å². The lowest BCUT2D eigenvalue weighted by molar-refractivity contribution is -0.162. The molecule has 272 valence electrons. The molecule has 0 unspecified atom stereocenters. The first-order chi connectivity index (χ1) is 25.3. The van der Waals surface area contributed by atoms with Crippen LogP contribution in [0.5, 0.6) is 0 Å². The van der Waals surface area contributed by atoms with E-state index in [0.717, 1.165) is 10.8 Å². The van der Waals surface area contributed by atoms with Gasteiger partial charge in [0.1, 0.15) is 29.8 Å². The second-order valence-electron chi connectivity index (χ2n) is 13.7. The van der Waals surface area contributed by atoms with Gasteiger partial charge in [-0.15, -0.1) is 0 Å². The number of hydrogen-bond donors (Lipinski definition) is 2. The molecule has 5 bridgehead atoms. The smallest absolute Gasteiger partial charge is 0.313 e. The Labute approximate surface area is 310 Å². The number of aliphatic hydroxyl groups excluding tert-OH is 1. The van der Waals surface area contributed by atoms with Gasteiger partial charge >= 0.3 is 5.97 Å². The summed E-state index contributed by atoms with van der Waals surface area (Å²) in [6.45, 7) is 0.343. The summed E-state index contributed by atoms with van der Waals surface area (Å²) < 4.78 is 19.1. The Balaban J connectivity index is 1.35. The minimum atomic E-state index is -1.46. The van der Waals surface area contributed by atoms with Gasteiger partial charge in [-0.2, -0.15) is 0 Å². The van der Waals surface area contributed by atoms with E-state index in [0.29, 0.717) is 35.0 Å². The van der Waals surface area contributed by atoms with Crippen LogP contribution >= 0.6 is 15.9 Å². The zero-order chi connectivity index (χ0) is 36.4. The molecule has 3 aromatic rings. The van der Waals surface area contributed by atoms with Crippen molar-refractivity contribution in [2.24, 2.45) is 11.8 Å². The topological polar surface area (TPSA) is 135 Å². The summed E-state index contributed by atoms with van der Waals surface area (Å²) >= 11 is 3.63. The molecule has 0 aromatic heterocycles. The Morgan fingerprint density at radius 1 is 0.942 bits per heavy atom. The van der Waals surface area contributed by atoms with Crippen LogP contribution in [0.1, 0.15) is 37.4 Å². The Hall–Kier alpha value is -4.36. The van der Waals surface area contributed by atoms with Crippen molar-refractivity contribution in [3.8, 4) is 0 Å². The zero-order valence-corrected chi connectivity index (χ0v) is 30.4. The first kappa shape index (κ1) is 36.0. The van der Waals surface area contributed by atoms with Crippen LogP contribution in [0, 0.1) is 11.8 Å². The molecule has 2 saturated heterocycles. The lowest BCUT2D eigenvalue weighted by atomic mass is 9.74. The Bertz CT molecular complexity index is 1900. The Kier molecular flexibility index (Phi) is 10.6. The first-order valence-electron chi connectivity index (χ1n) is 17.7. The number of cyclic esters (lactones) is 1. The number of allylic oxidation sites excluding steroid dienone is 1. The van der Waals surface area contributed by atoms with Gasteiger partial charge in [-0.05, 0) is 53.8 Å². The van der Waals surface area contributed by atoms with Gasteiger partial charge in [0, 0.05) is 43.4 Å². The predicted octanol–water partition coefficient (Wildman–Crippen LogP) is 4.58. The minimum absolute atomic E-state index is 0.0604. The van der Waals surface area contributed by atoms with Crippen molar-refractivity contribution in [3.63, 3.8) is 0 Å². The number of carbonyl (C=O) groups excluding carboxylic acids is 4. The van der Waals surface area contributed by atoms with Gasteiger partial charge in [-0.1, -0.05) is 88.7 Å². The zero-order valence-electron chi connectivity index (χ0n) is 28.9. The van der Waals surface area contributed by atoms with Crippen molar-refractivity contribution < 1.29 is 38.5 Å². The molecule has 3 aromatic carbocycles. The molecule has 2 fully saturated rings. The largest absolute Gasteiger partial charge is 0.455 e. The van der Waals surface area contributed by atoms with E-state index in [1.807, 2.05) is 84.9 Å². The van der Waals surface area contributed by atoms with Gasteiger partial charge in [0.05, 0.1) is 18.6 Å². The molecule has 0 saturated carbocycles. The van der Waals surface area contributed by atoms with Gasteiger partial charge in [-0.3, -0.25) is 19.2 Å². The molecule has 11 nitrogen and oxygen atoms in total. The van der Waals surface area contributed by atoms with E-state index in [-0.39, 0.29) is 50.4 Å². The average Bonchev–Trinajstić information content (AvgIpc) is 3.74. The number of ether oxygens (including phenoxy) is 3. The number of rotatable bonds is 8. The van der Waals surface area contributed by atoms with E-state index in [9.17, 15) is 19.5 Å². The van der Waals surface area contributed by atoms with Gasteiger partial charge in [0.15, 0.2) is 0 Å². The summed E-state index contributed by atoms with van der Waals surface area (Å²) in [5.41, 5.74) is -0.187. The van der Waals surface area contributed by atoms with Crippen molar-refractivity contribution in [2.45, 2.75) is 55.6 Å². The number of benzene rings is 3.